The van der Waals surface area contributed by atoms with Gasteiger partial charge in [-0.15, -0.1) is 0 Å². The SMILES string of the molecule is Cc1ccnc(-c2cc(CCNC(=O)CN3C(=O)C=CC3=O)ccn2)c1. The second kappa shape index (κ2) is 7.69. The first kappa shape index (κ1) is 17.5. The van der Waals surface area contributed by atoms with E-state index in [1.165, 1.54) is 0 Å². The van der Waals surface area contributed by atoms with Gasteiger partial charge >= 0.3 is 0 Å². The van der Waals surface area contributed by atoms with Crippen LogP contribution in [0, 0.1) is 6.92 Å². The average Bonchev–Trinajstić information content (AvgIpc) is 2.94. The summed E-state index contributed by atoms with van der Waals surface area (Å²) in [7, 11) is 0. The lowest BCUT2D eigenvalue weighted by Gasteiger charge is -2.13. The molecule has 0 bridgehead atoms. The van der Waals surface area contributed by atoms with E-state index in [9.17, 15) is 14.4 Å². The van der Waals surface area contributed by atoms with Crippen molar-refractivity contribution in [2.24, 2.45) is 0 Å². The van der Waals surface area contributed by atoms with Gasteiger partial charge in [0, 0.05) is 31.1 Å². The van der Waals surface area contributed by atoms with Crippen molar-refractivity contribution < 1.29 is 14.4 Å². The lowest BCUT2D eigenvalue weighted by atomic mass is 10.1. The number of rotatable bonds is 6. The van der Waals surface area contributed by atoms with Crippen LogP contribution in [0.25, 0.3) is 11.4 Å². The van der Waals surface area contributed by atoms with Gasteiger partial charge in [-0.1, -0.05) is 0 Å². The molecular weight excluding hydrogens is 332 g/mol. The van der Waals surface area contributed by atoms with Gasteiger partial charge in [0.25, 0.3) is 11.8 Å². The summed E-state index contributed by atoms with van der Waals surface area (Å²) in [5, 5.41) is 2.72. The predicted octanol–water partition coefficient (Wildman–Crippen LogP) is 1.04. The molecule has 3 rings (SSSR count). The number of carbonyl (C=O) groups is 3. The molecule has 2 aromatic heterocycles. The van der Waals surface area contributed by atoms with Crippen LogP contribution < -0.4 is 5.32 Å². The molecule has 7 heteroatoms. The lowest BCUT2D eigenvalue weighted by molar-refractivity contribution is -0.141. The van der Waals surface area contributed by atoms with Crippen molar-refractivity contribution in [2.75, 3.05) is 13.1 Å². The maximum absolute atomic E-state index is 11.9. The molecule has 0 saturated heterocycles. The number of pyridine rings is 2. The van der Waals surface area contributed by atoms with Gasteiger partial charge in [0.2, 0.25) is 5.91 Å². The minimum atomic E-state index is -0.463. The molecule has 1 aliphatic heterocycles. The van der Waals surface area contributed by atoms with Crippen molar-refractivity contribution in [1.82, 2.24) is 20.2 Å². The first-order valence-corrected chi connectivity index (χ1v) is 8.21. The minimum Gasteiger partial charge on any atom is -0.354 e. The molecule has 0 aliphatic carbocycles. The van der Waals surface area contributed by atoms with E-state index in [2.05, 4.69) is 15.3 Å². The van der Waals surface area contributed by atoms with E-state index in [1.54, 1.807) is 12.4 Å². The smallest absolute Gasteiger partial charge is 0.254 e. The van der Waals surface area contributed by atoms with E-state index in [0.717, 1.165) is 39.6 Å². The first-order valence-electron chi connectivity index (χ1n) is 8.21. The Hall–Kier alpha value is -3.35. The van der Waals surface area contributed by atoms with Crippen LogP contribution in [0.5, 0.6) is 0 Å². The molecule has 0 saturated carbocycles. The van der Waals surface area contributed by atoms with Crippen LogP contribution in [0.1, 0.15) is 11.1 Å². The highest BCUT2D eigenvalue weighted by atomic mass is 16.2. The maximum Gasteiger partial charge on any atom is 0.254 e. The largest absolute Gasteiger partial charge is 0.354 e. The Labute approximate surface area is 150 Å². The zero-order valence-corrected chi connectivity index (χ0v) is 14.3. The molecule has 26 heavy (non-hydrogen) atoms. The molecule has 2 aromatic rings. The molecule has 0 fully saturated rings. The number of amides is 3. The highest BCUT2D eigenvalue weighted by Crippen LogP contribution is 2.16. The van der Waals surface area contributed by atoms with Crippen molar-refractivity contribution in [1.29, 1.82) is 0 Å². The fourth-order valence-corrected chi connectivity index (χ4v) is 2.58. The number of hydrogen-bond acceptors (Lipinski definition) is 5. The molecule has 132 valence electrons. The first-order chi connectivity index (χ1) is 12.5. The van der Waals surface area contributed by atoms with Crippen LogP contribution in [0.4, 0.5) is 0 Å². The van der Waals surface area contributed by atoms with Gasteiger partial charge in [0.15, 0.2) is 0 Å². The van der Waals surface area contributed by atoms with E-state index < -0.39 is 11.8 Å². The molecule has 1 N–H and O–H groups in total. The number of nitrogens with one attached hydrogen (secondary N) is 1. The van der Waals surface area contributed by atoms with Gasteiger partial charge in [0.1, 0.15) is 6.54 Å². The summed E-state index contributed by atoms with van der Waals surface area (Å²) in [5.41, 5.74) is 3.69. The molecule has 7 nitrogen and oxygen atoms in total. The van der Waals surface area contributed by atoms with E-state index in [-0.39, 0.29) is 12.5 Å². The molecule has 3 heterocycles. The number of imide groups is 1. The quantitative estimate of drug-likeness (QED) is 0.786. The van der Waals surface area contributed by atoms with Crippen molar-refractivity contribution in [3.05, 3.63) is 59.9 Å². The van der Waals surface area contributed by atoms with Crippen molar-refractivity contribution in [3.8, 4) is 11.4 Å². The van der Waals surface area contributed by atoms with Gasteiger partial charge in [0.05, 0.1) is 11.4 Å². The van der Waals surface area contributed by atoms with E-state index in [0.29, 0.717) is 13.0 Å². The fourth-order valence-electron chi connectivity index (χ4n) is 2.58. The van der Waals surface area contributed by atoms with E-state index in [1.807, 2.05) is 31.2 Å². The van der Waals surface area contributed by atoms with Gasteiger partial charge in [-0.05, 0) is 48.7 Å². The molecule has 0 unspecified atom stereocenters. The third-order valence-corrected chi connectivity index (χ3v) is 3.94. The van der Waals surface area contributed by atoms with Crippen LogP contribution in [-0.4, -0.2) is 45.7 Å². The Kier molecular flexibility index (Phi) is 5.17. The lowest BCUT2D eigenvalue weighted by Crippen LogP contribution is -2.40. The summed E-state index contributed by atoms with van der Waals surface area (Å²) in [6, 6.07) is 7.70. The van der Waals surface area contributed by atoms with Crippen LogP contribution in [0.3, 0.4) is 0 Å². The number of hydrogen-bond donors (Lipinski definition) is 1. The molecule has 0 spiro atoms. The third kappa shape index (κ3) is 4.18. The maximum atomic E-state index is 11.9. The Bertz CT molecular complexity index is 874. The zero-order valence-electron chi connectivity index (χ0n) is 14.3. The summed E-state index contributed by atoms with van der Waals surface area (Å²) in [6.07, 6.45) is 6.38. The second-order valence-corrected chi connectivity index (χ2v) is 5.96. The molecule has 0 atom stereocenters. The normalized spacial score (nSPS) is 13.3. The minimum absolute atomic E-state index is 0.264. The standard InChI is InChI=1S/C19H18N4O3/c1-13-4-7-20-15(10-13)16-11-14(5-8-21-16)6-9-22-17(24)12-23-18(25)2-3-19(23)26/h2-5,7-8,10-11H,6,9,12H2,1H3,(H,22,24). The zero-order chi connectivity index (χ0) is 18.5. The van der Waals surface area contributed by atoms with Gasteiger partial charge in [-0.25, -0.2) is 0 Å². The molecule has 0 aromatic carbocycles. The Morgan fingerprint density at radius 2 is 1.69 bits per heavy atom. The van der Waals surface area contributed by atoms with Crippen molar-refractivity contribution in [2.45, 2.75) is 13.3 Å². The summed E-state index contributed by atoms with van der Waals surface area (Å²) in [4.78, 5) is 44.3. The molecule has 1 aliphatic rings. The third-order valence-electron chi connectivity index (χ3n) is 3.94. The number of aryl methyl sites for hydroxylation is 1. The highest BCUT2D eigenvalue weighted by Gasteiger charge is 2.25. The number of aromatic nitrogens is 2. The fraction of sp³-hybridized carbons (Fsp3) is 0.211. The average molecular weight is 350 g/mol. The molecule has 3 amide bonds. The van der Waals surface area contributed by atoms with Crippen LogP contribution in [0.2, 0.25) is 0 Å². The van der Waals surface area contributed by atoms with Crippen LogP contribution in [-0.2, 0) is 20.8 Å². The highest BCUT2D eigenvalue weighted by molar-refractivity contribution is 6.14. The summed E-state index contributed by atoms with van der Waals surface area (Å²) < 4.78 is 0. The predicted molar refractivity (Wildman–Crippen MR) is 94.8 cm³/mol. The summed E-state index contributed by atoms with van der Waals surface area (Å²) >= 11 is 0. The van der Waals surface area contributed by atoms with Gasteiger partial charge < -0.3 is 5.32 Å². The van der Waals surface area contributed by atoms with E-state index in [4.69, 9.17) is 0 Å². The second-order valence-electron chi connectivity index (χ2n) is 5.96. The van der Waals surface area contributed by atoms with Crippen LogP contribution in [0.15, 0.2) is 48.8 Å². The van der Waals surface area contributed by atoms with Crippen molar-refractivity contribution >= 4 is 17.7 Å². The van der Waals surface area contributed by atoms with Crippen LogP contribution >= 0.6 is 0 Å². The van der Waals surface area contributed by atoms with Crippen molar-refractivity contribution in [3.63, 3.8) is 0 Å². The Morgan fingerprint density at radius 3 is 2.38 bits per heavy atom. The van der Waals surface area contributed by atoms with Gasteiger partial charge in [-0.3, -0.25) is 29.3 Å². The number of nitrogens with zero attached hydrogens (tertiary/aromatic N) is 3. The molecule has 0 radical (unpaired) electrons. The Morgan fingerprint density at radius 1 is 1.04 bits per heavy atom. The summed E-state index contributed by atoms with van der Waals surface area (Å²) in [6.45, 7) is 2.13. The summed E-state index contributed by atoms with van der Waals surface area (Å²) in [5.74, 6) is -1.30. The number of carbonyl (C=O) groups excluding carboxylic acids is 3. The molecular formula is C19H18N4O3. The van der Waals surface area contributed by atoms with E-state index >= 15 is 0 Å². The Balaban J connectivity index is 1.54. The monoisotopic (exact) mass is 350 g/mol. The topological polar surface area (TPSA) is 92.3 Å². The van der Waals surface area contributed by atoms with Gasteiger partial charge in [-0.2, -0.15) is 0 Å².